The fourth-order valence-electron chi connectivity index (χ4n) is 1.95. The second-order valence-electron chi connectivity index (χ2n) is 4.38. The number of hydrogen-bond donors (Lipinski definition) is 2. The van der Waals surface area contributed by atoms with Crippen molar-refractivity contribution < 1.29 is 10.1 Å². The Hall–Kier alpha value is -2.61. The fourth-order valence-corrected chi connectivity index (χ4v) is 2.71. The van der Waals surface area contributed by atoms with E-state index in [9.17, 15) is 10.1 Å². The highest BCUT2D eigenvalue weighted by Crippen LogP contribution is 2.26. The standard InChI is InChI=1S/C13H14N4O3S/c1-16(8-10-3-2-6-21-10)12-5-4-9(17(19)20)7-11(12)13(14)15-18/h2-7,18H,8H2,1H3,(H2,14,15). The molecule has 0 amide bonds. The molecule has 21 heavy (non-hydrogen) atoms. The first-order valence-corrected chi connectivity index (χ1v) is 6.90. The number of hydrogen-bond acceptors (Lipinski definition) is 6. The van der Waals surface area contributed by atoms with Gasteiger partial charge in [-0.25, -0.2) is 0 Å². The predicted molar refractivity (Wildman–Crippen MR) is 82.0 cm³/mol. The first kappa shape index (κ1) is 14.8. The number of rotatable bonds is 5. The average molecular weight is 306 g/mol. The molecule has 3 N–H and O–H groups in total. The van der Waals surface area contributed by atoms with E-state index in [4.69, 9.17) is 10.9 Å². The lowest BCUT2D eigenvalue weighted by atomic mass is 10.1. The number of oxime groups is 1. The van der Waals surface area contributed by atoms with Crippen LogP contribution in [0.25, 0.3) is 0 Å². The molecule has 0 aliphatic rings. The molecule has 0 aliphatic carbocycles. The lowest BCUT2D eigenvalue weighted by Crippen LogP contribution is -2.22. The molecule has 110 valence electrons. The van der Waals surface area contributed by atoms with Crippen LogP contribution in [-0.4, -0.2) is 23.0 Å². The highest BCUT2D eigenvalue weighted by Gasteiger charge is 2.17. The molecule has 0 aliphatic heterocycles. The molecule has 0 saturated heterocycles. The molecule has 0 spiro atoms. The summed E-state index contributed by atoms with van der Waals surface area (Å²) in [6.45, 7) is 0.626. The lowest BCUT2D eigenvalue weighted by Gasteiger charge is -2.21. The predicted octanol–water partition coefficient (Wildman–Crippen LogP) is 2.39. The number of benzene rings is 1. The molecule has 2 aromatic rings. The minimum absolute atomic E-state index is 0.107. The number of anilines is 1. The van der Waals surface area contributed by atoms with Crippen molar-refractivity contribution in [3.63, 3.8) is 0 Å². The van der Waals surface area contributed by atoms with Crippen molar-refractivity contribution in [3.05, 3.63) is 56.3 Å². The molecular weight excluding hydrogens is 292 g/mol. The van der Waals surface area contributed by atoms with Gasteiger partial charge in [-0.3, -0.25) is 10.1 Å². The zero-order valence-electron chi connectivity index (χ0n) is 11.3. The molecule has 8 heteroatoms. The third-order valence-corrected chi connectivity index (χ3v) is 3.82. The van der Waals surface area contributed by atoms with Gasteiger partial charge in [0, 0.05) is 29.7 Å². The Labute approximate surface area is 125 Å². The molecule has 0 bridgehead atoms. The van der Waals surface area contributed by atoms with Gasteiger partial charge in [0.1, 0.15) is 0 Å². The Balaban J connectivity index is 2.39. The summed E-state index contributed by atoms with van der Waals surface area (Å²) in [6, 6.07) is 8.24. The Kier molecular flexibility index (Phi) is 4.39. The molecule has 0 saturated carbocycles. The normalized spacial score (nSPS) is 11.4. The highest BCUT2D eigenvalue weighted by molar-refractivity contribution is 7.09. The van der Waals surface area contributed by atoms with Crippen LogP contribution >= 0.6 is 11.3 Å². The number of nitrogens with two attached hydrogens (primary N) is 1. The molecule has 0 atom stereocenters. The lowest BCUT2D eigenvalue weighted by molar-refractivity contribution is -0.384. The van der Waals surface area contributed by atoms with Gasteiger partial charge in [-0.05, 0) is 17.5 Å². The summed E-state index contributed by atoms with van der Waals surface area (Å²) >= 11 is 1.61. The monoisotopic (exact) mass is 306 g/mol. The maximum atomic E-state index is 10.9. The van der Waals surface area contributed by atoms with Gasteiger partial charge in [0.2, 0.25) is 0 Å². The molecule has 2 rings (SSSR count). The third kappa shape index (κ3) is 3.29. The molecule has 1 aromatic carbocycles. The van der Waals surface area contributed by atoms with Crippen molar-refractivity contribution in [2.24, 2.45) is 10.9 Å². The summed E-state index contributed by atoms with van der Waals surface area (Å²) in [5.74, 6) is -0.160. The number of nitro benzene ring substituents is 1. The van der Waals surface area contributed by atoms with Crippen LogP contribution in [-0.2, 0) is 6.54 Å². The second-order valence-corrected chi connectivity index (χ2v) is 5.41. The van der Waals surface area contributed by atoms with E-state index in [1.165, 1.54) is 12.1 Å². The topological polar surface area (TPSA) is 105 Å². The van der Waals surface area contributed by atoms with Crippen LogP contribution < -0.4 is 10.6 Å². The van der Waals surface area contributed by atoms with Crippen LogP contribution in [0.3, 0.4) is 0 Å². The van der Waals surface area contributed by atoms with Gasteiger partial charge >= 0.3 is 0 Å². The zero-order chi connectivity index (χ0) is 15.4. The van der Waals surface area contributed by atoms with E-state index in [1.54, 1.807) is 17.4 Å². The van der Waals surface area contributed by atoms with Crippen LogP contribution in [0.4, 0.5) is 11.4 Å². The molecular formula is C13H14N4O3S. The molecule has 1 heterocycles. The van der Waals surface area contributed by atoms with Crippen LogP contribution in [0.5, 0.6) is 0 Å². The van der Waals surface area contributed by atoms with E-state index in [2.05, 4.69) is 5.16 Å². The summed E-state index contributed by atoms with van der Waals surface area (Å²) in [6.07, 6.45) is 0. The first-order chi connectivity index (χ1) is 10.0. The van der Waals surface area contributed by atoms with E-state index >= 15 is 0 Å². The Morgan fingerprint density at radius 2 is 2.29 bits per heavy atom. The van der Waals surface area contributed by atoms with Crippen molar-refractivity contribution in [2.45, 2.75) is 6.54 Å². The van der Waals surface area contributed by atoms with Gasteiger partial charge in [0.25, 0.3) is 5.69 Å². The van der Waals surface area contributed by atoms with E-state index in [-0.39, 0.29) is 11.5 Å². The zero-order valence-corrected chi connectivity index (χ0v) is 12.1. The van der Waals surface area contributed by atoms with Crippen molar-refractivity contribution >= 4 is 28.5 Å². The minimum atomic E-state index is -0.517. The quantitative estimate of drug-likeness (QED) is 0.290. The number of thiophene rings is 1. The van der Waals surface area contributed by atoms with E-state index in [0.29, 0.717) is 17.8 Å². The smallest absolute Gasteiger partial charge is 0.270 e. The number of amidine groups is 1. The summed E-state index contributed by atoms with van der Waals surface area (Å²) in [5.41, 5.74) is 6.50. The van der Waals surface area contributed by atoms with Crippen LogP contribution in [0.1, 0.15) is 10.4 Å². The summed E-state index contributed by atoms with van der Waals surface area (Å²) < 4.78 is 0. The highest BCUT2D eigenvalue weighted by atomic mass is 32.1. The van der Waals surface area contributed by atoms with Crippen molar-refractivity contribution in [2.75, 3.05) is 11.9 Å². The first-order valence-electron chi connectivity index (χ1n) is 6.02. The number of non-ortho nitro benzene ring substituents is 1. The van der Waals surface area contributed by atoms with Gasteiger partial charge in [0.15, 0.2) is 5.84 Å². The van der Waals surface area contributed by atoms with E-state index in [1.807, 2.05) is 29.5 Å². The second kappa shape index (κ2) is 6.23. The largest absolute Gasteiger partial charge is 0.409 e. The number of nitro groups is 1. The van der Waals surface area contributed by atoms with Crippen molar-refractivity contribution in [1.82, 2.24) is 0 Å². The maximum Gasteiger partial charge on any atom is 0.270 e. The van der Waals surface area contributed by atoms with E-state index < -0.39 is 4.92 Å². The van der Waals surface area contributed by atoms with E-state index in [0.717, 1.165) is 4.88 Å². The summed E-state index contributed by atoms with van der Waals surface area (Å²) in [4.78, 5) is 13.4. The number of nitrogens with zero attached hydrogens (tertiary/aromatic N) is 3. The van der Waals surface area contributed by atoms with Crippen molar-refractivity contribution in [1.29, 1.82) is 0 Å². The Bertz CT molecular complexity index is 670. The van der Waals surface area contributed by atoms with Crippen molar-refractivity contribution in [3.8, 4) is 0 Å². The Morgan fingerprint density at radius 1 is 1.52 bits per heavy atom. The van der Waals surface area contributed by atoms with Crippen LogP contribution in [0, 0.1) is 10.1 Å². The molecule has 0 fully saturated rings. The minimum Gasteiger partial charge on any atom is -0.409 e. The fraction of sp³-hybridized carbons (Fsp3) is 0.154. The third-order valence-electron chi connectivity index (χ3n) is 2.96. The summed E-state index contributed by atoms with van der Waals surface area (Å²) in [5, 5.41) is 24.6. The Morgan fingerprint density at radius 3 is 2.86 bits per heavy atom. The van der Waals surface area contributed by atoms with Gasteiger partial charge in [0.05, 0.1) is 17.0 Å². The average Bonchev–Trinajstić information content (AvgIpc) is 2.98. The molecule has 0 radical (unpaired) electrons. The maximum absolute atomic E-state index is 10.9. The van der Waals surface area contributed by atoms with Crippen LogP contribution in [0.15, 0.2) is 40.9 Å². The van der Waals surface area contributed by atoms with Gasteiger partial charge in [-0.1, -0.05) is 11.2 Å². The van der Waals surface area contributed by atoms with Crippen LogP contribution in [0.2, 0.25) is 0 Å². The van der Waals surface area contributed by atoms with Gasteiger partial charge in [-0.15, -0.1) is 11.3 Å². The molecule has 0 unspecified atom stereocenters. The molecule has 1 aromatic heterocycles. The molecule has 7 nitrogen and oxygen atoms in total. The van der Waals surface area contributed by atoms with Gasteiger partial charge in [-0.2, -0.15) is 0 Å². The van der Waals surface area contributed by atoms with Gasteiger partial charge < -0.3 is 15.8 Å². The SMILES string of the molecule is CN(Cc1cccs1)c1ccc([N+](=O)[O-])cc1C(N)=NO. The summed E-state index contributed by atoms with van der Waals surface area (Å²) in [7, 11) is 1.84.